The molecule has 0 bridgehead atoms. The Labute approximate surface area is 140 Å². The number of nitrogens with zero attached hydrogens (tertiary/aromatic N) is 1. The molecule has 0 aliphatic carbocycles. The number of carbonyl (C=O) groups is 1. The van der Waals surface area contributed by atoms with Gasteiger partial charge in [-0.3, -0.25) is 4.79 Å². The Kier molecular flexibility index (Phi) is 4.82. The molecule has 0 aromatic heterocycles. The number of likely N-dealkylation sites (tertiary alicyclic amines) is 1. The van der Waals surface area contributed by atoms with E-state index in [1.165, 1.54) is 12.1 Å². The maximum atomic E-state index is 12.9. The van der Waals surface area contributed by atoms with E-state index in [1.807, 2.05) is 4.90 Å². The second-order valence-corrected chi connectivity index (χ2v) is 6.16. The van der Waals surface area contributed by atoms with Gasteiger partial charge < -0.3 is 10.2 Å². The lowest BCUT2D eigenvalue weighted by atomic mass is 10.0. The van der Waals surface area contributed by atoms with Crippen LogP contribution in [-0.2, 0) is 0 Å². The topological polar surface area (TPSA) is 32.3 Å². The average Bonchev–Trinajstić information content (AvgIpc) is 2.57. The first kappa shape index (κ1) is 15.8. The highest BCUT2D eigenvalue weighted by Gasteiger charge is 2.23. The van der Waals surface area contributed by atoms with Gasteiger partial charge in [0, 0.05) is 35.4 Å². The third-order valence-corrected chi connectivity index (χ3v) is 4.30. The van der Waals surface area contributed by atoms with Gasteiger partial charge in [-0.05, 0) is 55.3 Å². The molecule has 3 rings (SSSR count). The van der Waals surface area contributed by atoms with Crippen molar-refractivity contribution in [3.8, 4) is 0 Å². The second-order valence-electron chi connectivity index (χ2n) is 5.73. The molecule has 0 atom stereocenters. The summed E-state index contributed by atoms with van der Waals surface area (Å²) in [5.74, 6) is -0.217. The van der Waals surface area contributed by atoms with Crippen molar-refractivity contribution in [1.82, 2.24) is 4.90 Å². The maximum absolute atomic E-state index is 12.9. The van der Waals surface area contributed by atoms with Crippen LogP contribution in [0.2, 0.25) is 5.02 Å². The van der Waals surface area contributed by atoms with Gasteiger partial charge in [0.15, 0.2) is 0 Å². The molecule has 0 saturated carbocycles. The molecule has 1 fully saturated rings. The van der Waals surface area contributed by atoms with E-state index < -0.39 is 0 Å². The van der Waals surface area contributed by atoms with Crippen LogP contribution in [0.15, 0.2) is 48.5 Å². The van der Waals surface area contributed by atoms with Crippen molar-refractivity contribution < 1.29 is 9.18 Å². The Morgan fingerprint density at radius 2 is 1.83 bits per heavy atom. The van der Waals surface area contributed by atoms with Crippen LogP contribution >= 0.6 is 11.6 Å². The van der Waals surface area contributed by atoms with E-state index in [-0.39, 0.29) is 11.7 Å². The van der Waals surface area contributed by atoms with E-state index in [0.29, 0.717) is 29.7 Å². The molecule has 120 valence electrons. The summed E-state index contributed by atoms with van der Waals surface area (Å²) in [5.41, 5.74) is 1.54. The summed E-state index contributed by atoms with van der Waals surface area (Å²) in [6, 6.07) is 13.7. The highest BCUT2D eigenvalue weighted by Crippen LogP contribution is 2.19. The molecule has 1 saturated heterocycles. The molecule has 2 aromatic carbocycles. The van der Waals surface area contributed by atoms with E-state index >= 15 is 0 Å². The van der Waals surface area contributed by atoms with Gasteiger partial charge in [-0.25, -0.2) is 4.39 Å². The number of benzene rings is 2. The molecule has 1 heterocycles. The average molecular weight is 333 g/mol. The third kappa shape index (κ3) is 4.02. The molecule has 0 unspecified atom stereocenters. The van der Waals surface area contributed by atoms with E-state index in [9.17, 15) is 9.18 Å². The normalized spacial score (nSPS) is 15.5. The predicted octanol–water partition coefficient (Wildman–Crippen LogP) is 4.20. The first-order valence-electron chi connectivity index (χ1n) is 7.69. The van der Waals surface area contributed by atoms with Crippen LogP contribution in [0.3, 0.4) is 0 Å². The van der Waals surface area contributed by atoms with Gasteiger partial charge in [0.05, 0.1) is 0 Å². The number of piperidine rings is 1. The molecule has 3 nitrogen and oxygen atoms in total. The first-order valence-corrected chi connectivity index (χ1v) is 8.06. The van der Waals surface area contributed by atoms with Crippen molar-refractivity contribution in [3.05, 3.63) is 64.9 Å². The minimum atomic E-state index is -0.238. The molecule has 0 spiro atoms. The van der Waals surface area contributed by atoms with Crippen molar-refractivity contribution in [1.29, 1.82) is 0 Å². The second kappa shape index (κ2) is 7.01. The quantitative estimate of drug-likeness (QED) is 0.913. The lowest BCUT2D eigenvalue weighted by molar-refractivity contribution is 0.0718. The number of hydrogen-bond acceptors (Lipinski definition) is 2. The molecule has 5 heteroatoms. The molecule has 2 aromatic rings. The van der Waals surface area contributed by atoms with Crippen LogP contribution in [0.1, 0.15) is 23.2 Å². The molecule has 1 aliphatic heterocycles. The molecular formula is C18H18ClFN2O. The summed E-state index contributed by atoms with van der Waals surface area (Å²) in [5, 5.41) is 3.96. The Hall–Kier alpha value is -2.07. The van der Waals surface area contributed by atoms with Crippen LogP contribution in [-0.4, -0.2) is 29.9 Å². The van der Waals surface area contributed by atoms with E-state index in [1.54, 1.807) is 36.4 Å². The summed E-state index contributed by atoms with van der Waals surface area (Å²) >= 11 is 5.94. The number of nitrogens with one attached hydrogen (secondary N) is 1. The van der Waals surface area contributed by atoms with Gasteiger partial charge in [0.2, 0.25) is 0 Å². The number of amides is 1. The monoisotopic (exact) mass is 332 g/mol. The summed E-state index contributed by atoms with van der Waals surface area (Å²) in [4.78, 5) is 14.3. The minimum Gasteiger partial charge on any atom is -0.382 e. The zero-order valence-corrected chi connectivity index (χ0v) is 13.4. The van der Waals surface area contributed by atoms with Crippen molar-refractivity contribution >= 4 is 23.2 Å². The number of anilines is 1. The molecule has 1 N–H and O–H groups in total. The summed E-state index contributed by atoms with van der Waals surface area (Å²) < 4.78 is 12.9. The van der Waals surface area contributed by atoms with Gasteiger partial charge >= 0.3 is 0 Å². The highest BCUT2D eigenvalue weighted by atomic mass is 35.5. The van der Waals surface area contributed by atoms with Crippen LogP contribution in [0.4, 0.5) is 10.1 Å². The SMILES string of the molecule is O=C(c1cccc(Cl)c1)N1CCC(Nc2ccc(F)cc2)CC1. The number of rotatable bonds is 3. The van der Waals surface area contributed by atoms with Gasteiger partial charge in [0.1, 0.15) is 5.82 Å². The van der Waals surface area contributed by atoms with E-state index in [4.69, 9.17) is 11.6 Å². The fraction of sp³-hybridized carbons (Fsp3) is 0.278. The molecule has 1 amide bonds. The number of hydrogen-bond donors (Lipinski definition) is 1. The molecule has 1 aliphatic rings. The number of carbonyl (C=O) groups excluding carboxylic acids is 1. The molecule has 23 heavy (non-hydrogen) atoms. The summed E-state index contributed by atoms with van der Waals surface area (Å²) in [6.07, 6.45) is 1.73. The predicted molar refractivity (Wildman–Crippen MR) is 90.4 cm³/mol. The van der Waals surface area contributed by atoms with Crippen LogP contribution < -0.4 is 5.32 Å². The van der Waals surface area contributed by atoms with Crippen molar-refractivity contribution in [3.63, 3.8) is 0 Å². The highest BCUT2D eigenvalue weighted by molar-refractivity contribution is 6.30. The van der Waals surface area contributed by atoms with E-state index in [0.717, 1.165) is 18.5 Å². The fourth-order valence-electron chi connectivity index (χ4n) is 2.81. The van der Waals surface area contributed by atoms with Crippen LogP contribution in [0.5, 0.6) is 0 Å². The zero-order valence-electron chi connectivity index (χ0n) is 12.6. The van der Waals surface area contributed by atoms with Crippen molar-refractivity contribution in [2.45, 2.75) is 18.9 Å². The maximum Gasteiger partial charge on any atom is 0.253 e. The lowest BCUT2D eigenvalue weighted by Gasteiger charge is -2.33. The van der Waals surface area contributed by atoms with Gasteiger partial charge in [-0.1, -0.05) is 17.7 Å². The molecular weight excluding hydrogens is 315 g/mol. The summed E-state index contributed by atoms with van der Waals surface area (Å²) in [6.45, 7) is 1.40. The Balaban J connectivity index is 1.55. The fourth-order valence-corrected chi connectivity index (χ4v) is 3.00. The van der Waals surface area contributed by atoms with Crippen molar-refractivity contribution in [2.24, 2.45) is 0 Å². The van der Waals surface area contributed by atoms with Crippen LogP contribution in [0, 0.1) is 5.82 Å². The first-order chi connectivity index (χ1) is 11.1. The summed E-state index contributed by atoms with van der Waals surface area (Å²) in [7, 11) is 0. The Bertz CT molecular complexity index is 682. The number of halogens is 2. The largest absolute Gasteiger partial charge is 0.382 e. The minimum absolute atomic E-state index is 0.0210. The Morgan fingerprint density at radius 1 is 1.13 bits per heavy atom. The standard InChI is InChI=1S/C18H18ClFN2O/c19-14-3-1-2-13(12-14)18(23)22-10-8-17(9-11-22)21-16-6-4-15(20)5-7-16/h1-7,12,17,21H,8-11H2. The Morgan fingerprint density at radius 3 is 2.48 bits per heavy atom. The van der Waals surface area contributed by atoms with Gasteiger partial charge in [-0.2, -0.15) is 0 Å². The van der Waals surface area contributed by atoms with Gasteiger partial charge in [0.25, 0.3) is 5.91 Å². The van der Waals surface area contributed by atoms with Crippen LogP contribution in [0.25, 0.3) is 0 Å². The van der Waals surface area contributed by atoms with E-state index in [2.05, 4.69) is 5.32 Å². The van der Waals surface area contributed by atoms with Crippen molar-refractivity contribution in [2.75, 3.05) is 18.4 Å². The zero-order chi connectivity index (χ0) is 16.2. The third-order valence-electron chi connectivity index (χ3n) is 4.07. The smallest absolute Gasteiger partial charge is 0.253 e. The van der Waals surface area contributed by atoms with Gasteiger partial charge in [-0.15, -0.1) is 0 Å². The lowest BCUT2D eigenvalue weighted by Crippen LogP contribution is -2.42. The molecule has 0 radical (unpaired) electrons.